The molecule has 6 nitrogen and oxygen atoms in total. The SMILES string of the molecule is C(=C/c1cc2cc(C3=NCCN3)ccc2o1)/C=C/c1cc2cc(C3=NCCN3)ccc2o1. The third-order valence-corrected chi connectivity index (χ3v) is 5.60. The van der Waals surface area contributed by atoms with Gasteiger partial charge in [0.05, 0.1) is 13.1 Å². The zero-order valence-corrected chi connectivity index (χ0v) is 17.5. The van der Waals surface area contributed by atoms with Crippen LogP contribution in [0.1, 0.15) is 22.6 Å². The molecule has 4 heterocycles. The van der Waals surface area contributed by atoms with E-state index in [1.54, 1.807) is 0 Å². The van der Waals surface area contributed by atoms with E-state index >= 15 is 0 Å². The fourth-order valence-corrected chi connectivity index (χ4v) is 4.07. The predicted molar refractivity (Wildman–Crippen MR) is 129 cm³/mol. The van der Waals surface area contributed by atoms with Crippen LogP contribution in [0.5, 0.6) is 0 Å². The maximum Gasteiger partial charge on any atom is 0.134 e. The number of fused-ring (bicyclic) bond motifs is 2. The molecule has 6 rings (SSSR count). The van der Waals surface area contributed by atoms with Gasteiger partial charge in [-0.25, -0.2) is 0 Å². The number of aliphatic imine (C=N–C) groups is 2. The van der Waals surface area contributed by atoms with Gasteiger partial charge in [-0.2, -0.15) is 0 Å². The van der Waals surface area contributed by atoms with Crippen LogP contribution in [0.3, 0.4) is 0 Å². The van der Waals surface area contributed by atoms with Gasteiger partial charge in [0, 0.05) is 35.0 Å². The van der Waals surface area contributed by atoms with E-state index in [1.807, 2.05) is 60.7 Å². The van der Waals surface area contributed by atoms with Crippen molar-refractivity contribution in [1.82, 2.24) is 10.6 Å². The first kappa shape index (κ1) is 18.7. The lowest BCUT2D eigenvalue weighted by molar-refractivity contribution is 0.603. The Hall–Kier alpha value is -4.06. The Morgan fingerprint density at radius 3 is 1.59 bits per heavy atom. The molecule has 2 aliphatic rings. The van der Waals surface area contributed by atoms with E-state index in [1.165, 1.54) is 0 Å². The Balaban J connectivity index is 1.18. The second-order valence-electron chi connectivity index (χ2n) is 7.84. The second-order valence-corrected chi connectivity index (χ2v) is 7.84. The molecule has 0 radical (unpaired) electrons. The van der Waals surface area contributed by atoms with Gasteiger partial charge in [-0.05, 0) is 60.7 Å². The zero-order valence-electron chi connectivity index (χ0n) is 17.5. The first-order valence-electron chi connectivity index (χ1n) is 10.8. The molecule has 0 bridgehead atoms. The van der Waals surface area contributed by atoms with E-state index in [4.69, 9.17) is 8.83 Å². The number of amidine groups is 2. The highest BCUT2D eigenvalue weighted by Gasteiger charge is 2.11. The van der Waals surface area contributed by atoms with Gasteiger partial charge in [0.15, 0.2) is 0 Å². The summed E-state index contributed by atoms with van der Waals surface area (Å²) in [6, 6.07) is 16.4. The number of hydrogen-bond acceptors (Lipinski definition) is 6. The molecule has 0 fully saturated rings. The minimum absolute atomic E-state index is 0.808. The van der Waals surface area contributed by atoms with Crippen LogP contribution in [-0.2, 0) is 0 Å². The molecule has 0 amide bonds. The third-order valence-electron chi connectivity index (χ3n) is 5.60. The maximum atomic E-state index is 5.93. The fourth-order valence-electron chi connectivity index (χ4n) is 4.07. The van der Waals surface area contributed by atoms with Crippen molar-refractivity contribution in [3.8, 4) is 0 Å². The number of furan rings is 2. The molecular formula is C26H22N4O2. The van der Waals surface area contributed by atoms with Crippen molar-refractivity contribution >= 4 is 45.8 Å². The summed E-state index contributed by atoms with van der Waals surface area (Å²) in [6.07, 6.45) is 7.81. The quantitative estimate of drug-likeness (QED) is 0.461. The molecule has 2 N–H and O–H groups in total. The highest BCUT2D eigenvalue weighted by molar-refractivity contribution is 6.03. The van der Waals surface area contributed by atoms with E-state index in [0.29, 0.717) is 0 Å². The van der Waals surface area contributed by atoms with Crippen molar-refractivity contribution in [3.05, 3.63) is 83.3 Å². The molecule has 2 aromatic heterocycles. The van der Waals surface area contributed by atoms with Gasteiger partial charge in [-0.3, -0.25) is 9.98 Å². The summed E-state index contributed by atoms with van der Waals surface area (Å²) in [7, 11) is 0. The lowest BCUT2D eigenvalue weighted by Gasteiger charge is -2.01. The van der Waals surface area contributed by atoms with Gasteiger partial charge in [0.25, 0.3) is 0 Å². The molecule has 32 heavy (non-hydrogen) atoms. The Labute approximate surface area is 185 Å². The summed E-state index contributed by atoms with van der Waals surface area (Å²) in [5, 5.41) is 8.75. The molecule has 6 heteroatoms. The molecule has 0 saturated carbocycles. The van der Waals surface area contributed by atoms with Crippen molar-refractivity contribution < 1.29 is 8.83 Å². The Morgan fingerprint density at radius 2 is 1.16 bits per heavy atom. The van der Waals surface area contributed by atoms with Crippen LogP contribution < -0.4 is 10.6 Å². The summed E-state index contributed by atoms with van der Waals surface area (Å²) in [5.41, 5.74) is 3.92. The predicted octanol–water partition coefficient (Wildman–Crippen LogP) is 4.61. The topological polar surface area (TPSA) is 75.1 Å². The van der Waals surface area contributed by atoms with Crippen molar-refractivity contribution in [3.63, 3.8) is 0 Å². The lowest BCUT2D eigenvalue weighted by Crippen LogP contribution is -2.19. The summed E-state index contributed by atoms with van der Waals surface area (Å²) in [4.78, 5) is 8.97. The molecule has 0 saturated heterocycles. The van der Waals surface area contributed by atoms with Gasteiger partial charge < -0.3 is 19.5 Å². The molecule has 2 aliphatic heterocycles. The molecular weight excluding hydrogens is 400 g/mol. The van der Waals surface area contributed by atoms with E-state index in [9.17, 15) is 0 Å². The monoisotopic (exact) mass is 422 g/mol. The number of rotatable bonds is 5. The van der Waals surface area contributed by atoms with E-state index in [0.717, 1.165) is 82.4 Å². The van der Waals surface area contributed by atoms with Gasteiger partial charge in [0.1, 0.15) is 34.4 Å². The smallest absolute Gasteiger partial charge is 0.134 e. The second kappa shape index (κ2) is 7.89. The van der Waals surface area contributed by atoms with Crippen LogP contribution in [0.25, 0.3) is 34.1 Å². The molecule has 0 unspecified atom stereocenters. The van der Waals surface area contributed by atoms with Crippen LogP contribution in [0.4, 0.5) is 0 Å². The highest BCUT2D eigenvalue weighted by atomic mass is 16.3. The molecule has 4 aromatic rings. The van der Waals surface area contributed by atoms with Crippen LogP contribution >= 0.6 is 0 Å². The fraction of sp³-hybridized carbons (Fsp3) is 0.154. The standard InChI is InChI=1S/C26H22N4O2/c1(3-21-15-19-13-17(5-7-23(19)31-21)25-27-9-10-28-25)2-4-22-16-20-14-18(6-8-24(20)32-22)26-29-11-12-30-26/h1-8,13-16H,9-12H2,(H,27,28)(H,29,30)/b3-1-,4-2+. The summed E-state index contributed by atoms with van der Waals surface area (Å²) >= 11 is 0. The van der Waals surface area contributed by atoms with Crippen LogP contribution in [0.2, 0.25) is 0 Å². The van der Waals surface area contributed by atoms with Gasteiger partial charge in [0.2, 0.25) is 0 Å². The lowest BCUT2D eigenvalue weighted by atomic mass is 10.1. The highest BCUT2D eigenvalue weighted by Crippen LogP contribution is 2.24. The molecule has 158 valence electrons. The van der Waals surface area contributed by atoms with Crippen LogP contribution in [-0.4, -0.2) is 37.9 Å². The molecule has 0 spiro atoms. The number of allylic oxidation sites excluding steroid dienone is 2. The summed E-state index contributed by atoms with van der Waals surface area (Å²) in [6.45, 7) is 3.46. The number of nitrogens with zero attached hydrogens (tertiary/aromatic N) is 2. The normalized spacial score (nSPS) is 16.2. The Bertz CT molecular complexity index is 1320. The largest absolute Gasteiger partial charge is 0.457 e. The first-order valence-corrected chi connectivity index (χ1v) is 10.8. The average molecular weight is 422 g/mol. The molecule has 2 aromatic carbocycles. The van der Waals surface area contributed by atoms with Crippen LogP contribution in [0.15, 0.2) is 79.5 Å². The van der Waals surface area contributed by atoms with Crippen molar-refractivity contribution in [2.24, 2.45) is 9.98 Å². The van der Waals surface area contributed by atoms with Crippen LogP contribution in [0, 0.1) is 0 Å². The van der Waals surface area contributed by atoms with Crippen molar-refractivity contribution in [1.29, 1.82) is 0 Å². The van der Waals surface area contributed by atoms with Gasteiger partial charge >= 0.3 is 0 Å². The number of hydrogen-bond donors (Lipinski definition) is 2. The zero-order chi connectivity index (χ0) is 21.3. The van der Waals surface area contributed by atoms with Crippen molar-refractivity contribution in [2.75, 3.05) is 26.2 Å². The number of benzene rings is 2. The average Bonchev–Trinajstić information content (AvgIpc) is 3.61. The minimum Gasteiger partial charge on any atom is -0.457 e. The van der Waals surface area contributed by atoms with Gasteiger partial charge in [-0.1, -0.05) is 12.2 Å². The van der Waals surface area contributed by atoms with E-state index in [-0.39, 0.29) is 0 Å². The number of nitrogens with one attached hydrogen (secondary N) is 2. The summed E-state index contributed by atoms with van der Waals surface area (Å²) < 4.78 is 11.9. The van der Waals surface area contributed by atoms with E-state index < -0.39 is 0 Å². The Kier molecular flexibility index (Phi) is 4.61. The first-order chi connectivity index (χ1) is 15.8. The summed E-state index contributed by atoms with van der Waals surface area (Å²) in [5.74, 6) is 3.53. The van der Waals surface area contributed by atoms with Gasteiger partial charge in [-0.15, -0.1) is 0 Å². The Morgan fingerprint density at radius 1 is 0.656 bits per heavy atom. The van der Waals surface area contributed by atoms with Crippen molar-refractivity contribution in [2.45, 2.75) is 0 Å². The third kappa shape index (κ3) is 3.60. The van der Waals surface area contributed by atoms with E-state index in [2.05, 4.69) is 32.8 Å². The minimum atomic E-state index is 0.808. The molecule has 0 atom stereocenters. The maximum absolute atomic E-state index is 5.93. The molecule has 0 aliphatic carbocycles.